The monoisotopic (exact) mass is 300 g/mol. The van der Waals surface area contributed by atoms with E-state index in [-0.39, 0.29) is 16.6 Å². The van der Waals surface area contributed by atoms with E-state index in [0.717, 1.165) is 18.8 Å². The van der Waals surface area contributed by atoms with Crippen molar-refractivity contribution in [1.29, 1.82) is 0 Å². The van der Waals surface area contributed by atoms with E-state index < -0.39 is 10.0 Å². The van der Waals surface area contributed by atoms with Crippen LogP contribution in [0.1, 0.15) is 13.8 Å². The average Bonchev–Trinajstić information content (AvgIpc) is 2.27. The summed E-state index contributed by atoms with van der Waals surface area (Å²) in [6.07, 6.45) is 0. The number of benzene rings is 1. The number of nitrogens with zero attached hydrogens (tertiary/aromatic N) is 2. The second-order valence-electron chi connectivity index (χ2n) is 5.16. The Hall–Kier alpha value is -1.31. The van der Waals surface area contributed by atoms with Gasteiger partial charge in [-0.15, -0.1) is 0 Å². The van der Waals surface area contributed by atoms with Crippen LogP contribution in [0.5, 0.6) is 0 Å². The fraction of sp³-hybridized carbons (Fsp3) is 0.538. The first-order valence-corrected chi connectivity index (χ1v) is 8.05. The Morgan fingerprint density at radius 1 is 1.30 bits per heavy atom. The van der Waals surface area contributed by atoms with Gasteiger partial charge in [-0.3, -0.25) is 0 Å². The van der Waals surface area contributed by atoms with Gasteiger partial charge in [0.1, 0.15) is 4.90 Å². The van der Waals surface area contributed by atoms with E-state index in [1.54, 1.807) is 12.1 Å². The van der Waals surface area contributed by atoms with Crippen molar-refractivity contribution in [3.05, 3.63) is 18.2 Å². The van der Waals surface area contributed by atoms with Gasteiger partial charge in [0.25, 0.3) is 0 Å². The highest BCUT2D eigenvalue weighted by molar-refractivity contribution is 7.89. The first-order valence-electron chi connectivity index (χ1n) is 6.50. The molecule has 0 spiro atoms. The van der Waals surface area contributed by atoms with E-state index in [1.165, 1.54) is 6.07 Å². The topological polar surface area (TPSA) is 92.7 Å². The second kappa shape index (κ2) is 6.43. The van der Waals surface area contributed by atoms with Gasteiger partial charge in [0.2, 0.25) is 10.0 Å². The first-order chi connectivity index (χ1) is 9.16. The van der Waals surface area contributed by atoms with Gasteiger partial charge in [-0.1, -0.05) is 0 Å². The molecule has 0 aliphatic carbocycles. The highest BCUT2D eigenvalue weighted by Crippen LogP contribution is 2.25. The quantitative estimate of drug-likeness (QED) is 0.754. The van der Waals surface area contributed by atoms with E-state index in [9.17, 15) is 8.42 Å². The van der Waals surface area contributed by atoms with E-state index in [4.69, 9.17) is 10.9 Å². The van der Waals surface area contributed by atoms with E-state index in [2.05, 4.69) is 23.6 Å². The van der Waals surface area contributed by atoms with Crippen molar-refractivity contribution < 1.29 is 8.42 Å². The fourth-order valence-electron chi connectivity index (χ4n) is 2.35. The third kappa shape index (κ3) is 4.09. The summed E-state index contributed by atoms with van der Waals surface area (Å²) in [4.78, 5) is 4.25. The number of sulfonamides is 1. The van der Waals surface area contributed by atoms with Gasteiger partial charge in [-0.05, 0) is 46.1 Å². The Labute approximate surface area is 121 Å². The number of primary sulfonamides is 1. The first kappa shape index (κ1) is 16.7. The molecule has 0 bridgehead atoms. The van der Waals surface area contributed by atoms with Crippen LogP contribution < -0.4 is 15.8 Å². The van der Waals surface area contributed by atoms with Crippen LogP contribution in [0.25, 0.3) is 0 Å². The number of hydrogen-bond acceptors (Lipinski definition) is 5. The lowest BCUT2D eigenvalue weighted by molar-refractivity contribution is 0.373. The maximum Gasteiger partial charge on any atom is 0.240 e. The normalized spacial score (nSPS) is 13.5. The summed E-state index contributed by atoms with van der Waals surface area (Å²) in [5, 5.41) is 5.11. The maximum atomic E-state index is 11.4. The van der Waals surface area contributed by atoms with Crippen LogP contribution in [0.4, 0.5) is 11.4 Å². The Morgan fingerprint density at radius 3 is 2.30 bits per heavy atom. The molecule has 1 unspecified atom stereocenters. The molecule has 0 heterocycles. The Morgan fingerprint density at radius 2 is 1.90 bits per heavy atom. The molecule has 0 aromatic heterocycles. The molecule has 7 heteroatoms. The molecule has 1 aromatic rings. The summed E-state index contributed by atoms with van der Waals surface area (Å²) in [5.74, 6) is 0. The zero-order valence-corrected chi connectivity index (χ0v) is 13.3. The molecule has 1 atom stereocenters. The molecular weight excluding hydrogens is 276 g/mol. The molecule has 0 aliphatic rings. The fourth-order valence-corrected chi connectivity index (χ4v) is 2.99. The van der Waals surface area contributed by atoms with E-state index >= 15 is 0 Å². The van der Waals surface area contributed by atoms with Crippen LogP contribution in [0.2, 0.25) is 0 Å². The highest BCUT2D eigenvalue weighted by atomic mass is 32.2. The number of nitrogens with two attached hydrogens (primary N) is 2. The Bertz CT molecular complexity index is 557. The smallest absolute Gasteiger partial charge is 0.240 e. The lowest BCUT2D eigenvalue weighted by Crippen LogP contribution is -2.40. The number of rotatable bonds is 6. The summed E-state index contributed by atoms with van der Waals surface area (Å²) < 4.78 is 22.7. The molecule has 0 aliphatic heterocycles. The van der Waals surface area contributed by atoms with Gasteiger partial charge < -0.3 is 15.5 Å². The number of nitrogen functional groups attached to an aromatic ring is 1. The lowest BCUT2D eigenvalue weighted by atomic mass is 10.2. The third-order valence-electron chi connectivity index (χ3n) is 3.13. The number of hydrogen-bond donors (Lipinski definition) is 2. The molecular formula is C13H24N4O2S. The van der Waals surface area contributed by atoms with Crippen LogP contribution in [0.3, 0.4) is 0 Å². The summed E-state index contributed by atoms with van der Waals surface area (Å²) in [6, 6.07) is 5.15. The van der Waals surface area contributed by atoms with Crippen LogP contribution in [-0.2, 0) is 10.0 Å². The predicted molar refractivity (Wildman–Crippen MR) is 83.3 cm³/mol. The number of anilines is 2. The van der Waals surface area contributed by atoms with Gasteiger partial charge in [0.15, 0.2) is 0 Å². The largest absolute Gasteiger partial charge is 0.398 e. The molecule has 20 heavy (non-hydrogen) atoms. The summed E-state index contributed by atoms with van der Waals surface area (Å²) >= 11 is 0. The SMILES string of the molecule is CCN(c1ccc(S(N)(=O)=O)c(N)c1)C(C)CN(C)C. The zero-order chi connectivity index (χ0) is 15.5. The molecule has 0 amide bonds. The van der Waals surface area contributed by atoms with Gasteiger partial charge in [-0.2, -0.15) is 0 Å². The van der Waals surface area contributed by atoms with Crippen molar-refractivity contribution in [3.63, 3.8) is 0 Å². The molecule has 0 radical (unpaired) electrons. The molecule has 0 fully saturated rings. The van der Waals surface area contributed by atoms with Crippen LogP contribution in [0.15, 0.2) is 23.1 Å². The van der Waals surface area contributed by atoms with Crippen LogP contribution in [0, 0.1) is 0 Å². The third-order valence-corrected chi connectivity index (χ3v) is 4.12. The lowest BCUT2D eigenvalue weighted by Gasteiger charge is -2.32. The molecule has 1 rings (SSSR count). The van der Waals surface area contributed by atoms with Gasteiger partial charge in [-0.25, -0.2) is 13.6 Å². The maximum absolute atomic E-state index is 11.4. The summed E-state index contributed by atoms with van der Waals surface area (Å²) in [6.45, 7) is 5.87. The zero-order valence-electron chi connectivity index (χ0n) is 12.5. The molecule has 6 nitrogen and oxygen atoms in total. The van der Waals surface area contributed by atoms with Gasteiger partial charge >= 0.3 is 0 Å². The molecule has 0 saturated carbocycles. The van der Waals surface area contributed by atoms with Crippen molar-refractivity contribution in [1.82, 2.24) is 4.90 Å². The van der Waals surface area contributed by atoms with Crippen molar-refractivity contribution in [2.24, 2.45) is 5.14 Å². The molecule has 114 valence electrons. The Balaban J connectivity index is 3.09. The minimum absolute atomic E-state index is 0.0300. The highest BCUT2D eigenvalue weighted by Gasteiger charge is 2.17. The summed E-state index contributed by atoms with van der Waals surface area (Å²) in [5.41, 5.74) is 6.88. The Kier molecular flexibility index (Phi) is 5.38. The van der Waals surface area contributed by atoms with Crippen LogP contribution in [-0.4, -0.2) is 46.5 Å². The van der Waals surface area contributed by atoms with E-state index in [1.807, 2.05) is 14.1 Å². The molecule has 4 N–H and O–H groups in total. The summed E-state index contributed by atoms with van der Waals surface area (Å²) in [7, 11) is 0.260. The van der Waals surface area contributed by atoms with Gasteiger partial charge in [0.05, 0.1) is 5.69 Å². The van der Waals surface area contributed by atoms with Gasteiger partial charge in [0, 0.05) is 24.8 Å². The average molecular weight is 300 g/mol. The number of likely N-dealkylation sites (N-methyl/N-ethyl adjacent to an activating group) is 2. The van der Waals surface area contributed by atoms with E-state index in [0.29, 0.717) is 0 Å². The minimum Gasteiger partial charge on any atom is -0.398 e. The molecule has 1 aromatic carbocycles. The van der Waals surface area contributed by atoms with Crippen molar-refractivity contribution in [2.45, 2.75) is 24.8 Å². The van der Waals surface area contributed by atoms with Crippen molar-refractivity contribution in [3.8, 4) is 0 Å². The van der Waals surface area contributed by atoms with Crippen molar-refractivity contribution in [2.75, 3.05) is 37.8 Å². The standard InChI is InChI=1S/C13H24N4O2S/c1-5-17(10(2)9-16(3)4)11-6-7-13(12(14)8-11)20(15,18)19/h6-8,10H,5,9,14H2,1-4H3,(H2,15,18,19). The van der Waals surface area contributed by atoms with Crippen LogP contribution >= 0.6 is 0 Å². The second-order valence-corrected chi connectivity index (χ2v) is 6.69. The van der Waals surface area contributed by atoms with Crippen molar-refractivity contribution >= 4 is 21.4 Å². The minimum atomic E-state index is -3.77. The predicted octanol–water partition coefficient (Wildman–Crippen LogP) is 0.693. The molecule has 0 saturated heterocycles.